The van der Waals surface area contributed by atoms with Crippen molar-refractivity contribution < 1.29 is 9.90 Å². The molecule has 0 saturated heterocycles. The van der Waals surface area contributed by atoms with Gasteiger partial charge in [-0.2, -0.15) is 0 Å². The Morgan fingerprint density at radius 1 is 1.47 bits per heavy atom. The van der Waals surface area contributed by atoms with Crippen molar-refractivity contribution in [2.24, 2.45) is 0 Å². The average Bonchev–Trinajstić information content (AvgIpc) is 2.29. The number of anilines is 1. The highest BCUT2D eigenvalue weighted by Crippen LogP contribution is 2.26. The van der Waals surface area contributed by atoms with Crippen molar-refractivity contribution in [2.75, 3.05) is 18.0 Å². The smallest absolute Gasteiger partial charge is 0.331 e. The zero-order valence-corrected chi connectivity index (χ0v) is 11.2. The van der Waals surface area contributed by atoms with Crippen LogP contribution in [0.25, 0.3) is 0 Å². The first-order valence-electron chi connectivity index (χ1n) is 5.51. The molecule has 1 aromatic rings. The number of carboxylic acids is 1. The Kier molecular flexibility index (Phi) is 3.52. The lowest BCUT2D eigenvalue weighted by atomic mass is 10.1. The molecule has 1 aliphatic heterocycles. The molecule has 0 aromatic heterocycles. The van der Waals surface area contributed by atoms with E-state index in [0.717, 1.165) is 11.0 Å². The molecule has 0 unspecified atom stereocenters. The standard InChI is InChI=1S/C13H14BrNO2/c1-9-8-11(14)2-3-12(9)15-6-4-10(5-7-15)13(16)17/h2-4,8H,5-7H2,1H3,(H,16,17). The summed E-state index contributed by atoms with van der Waals surface area (Å²) in [7, 11) is 0. The van der Waals surface area contributed by atoms with Crippen LogP contribution in [0.3, 0.4) is 0 Å². The monoisotopic (exact) mass is 295 g/mol. The molecule has 0 fully saturated rings. The average molecular weight is 296 g/mol. The molecular weight excluding hydrogens is 282 g/mol. The van der Waals surface area contributed by atoms with Gasteiger partial charge in [-0.25, -0.2) is 4.79 Å². The van der Waals surface area contributed by atoms with Crippen LogP contribution >= 0.6 is 15.9 Å². The van der Waals surface area contributed by atoms with Gasteiger partial charge in [0.2, 0.25) is 0 Å². The van der Waals surface area contributed by atoms with Crippen LogP contribution in [0.1, 0.15) is 12.0 Å². The lowest BCUT2D eigenvalue weighted by Gasteiger charge is -2.28. The molecule has 1 heterocycles. The Labute approximate surface area is 109 Å². The van der Waals surface area contributed by atoms with Crippen molar-refractivity contribution in [3.8, 4) is 0 Å². The van der Waals surface area contributed by atoms with E-state index in [9.17, 15) is 4.79 Å². The maximum Gasteiger partial charge on any atom is 0.331 e. The van der Waals surface area contributed by atoms with Crippen molar-refractivity contribution in [3.63, 3.8) is 0 Å². The zero-order valence-electron chi connectivity index (χ0n) is 9.61. The summed E-state index contributed by atoms with van der Waals surface area (Å²) in [6.07, 6.45) is 2.40. The van der Waals surface area contributed by atoms with E-state index in [4.69, 9.17) is 5.11 Å². The maximum atomic E-state index is 10.8. The molecule has 4 heteroatoms. The second kappa shape index (κ2) is 4.92. The minimum atomic E-state index is -0.794. The molecule has 0 radical (unpaired) electrons. The van der Waals surface area contributed by atoms with Gasteiger partial charge in [-0.1, -0.05) is 22.0 Å². The van der Waals surface area contributed by atoms with E-state index >= 15 is 0 Å². The van der Waals surface area contributed by atoms with Crippen molar-refractivity contribution >= 4 is 27.6 Å². The first-order chi connectivity index (χ1) is 8.08. The molecule has 1 aliphatic rings. The van der Waals surface area contributed by atoms with Crippen LogP contribution < -0.4 is 4.90 Å². The summed E-state index contributed by atoms with van der Waals surface area (Å²) in [6.45, 7) is 3.50. The Morgan fingerprint density at radius 3 is 2.76 bits per heavy atom. The fourth-order valence-corrected chi connectivity index (χ4v) is 2.53. The van der Waals surface area contributed by atoms with Gasteiger partial charge >= 0.3 is 5.97 Å². The molecule has 1 aromatic carbocycles. The summed E-state index contributed by atoms with van der Waals surface area (Å²) >= 11 is 3.44. The molecule has 0 amide bonds. The fourth-order valence-electron chi connectivity index (χ4n) is 2.06. The summed E-state index contributed by atoms with van der Waals surface area (Å²) in [5.74, 6) is -0.794. The van der Waals surface area contributed by atoms with Gasteiger partial charge in [0, 0.05) is 28.8 Å². The Morgan fingerprint density at radius 2 is 2.24 bits per heavy atom. The van der Waals surface area contributed by atoms with Crippen LogP contribution in [-0.4, -0.2) is 24.2 Å². The largest absolute Gasteiger partial charge is 0.478 e. The molecule has 0 atom stereocenters. The van der Waals surface area contributed by atoms with E-state index in [1.165, 1.54) is 11.3 Å². The number of benzene rings is 1. The number of carboxylic acid groups (broad SMARTS) is 1. The minimum Gasteiger partial charge on any atom is -0.478 e. The topological polar surface area (TPSA) is 40.5 Å². The van der Waals surface area contributed by atoms with Gasteiger partial charge in [-0.15, -0.1) is 0 Å². The third-order valence-corrected chi connectivity index (χ3v) is 3.48. The Balaban J connectivity index is 2.18. The first kappa shape index (κ1) is 12.2. The fraction of sp³-hybridized carbons (Fsp3) is 0.308. The molecule has 0 saturated carbocycles. The van der Waals surface area contributed by atoms with E-state index in [-0.39, 0.29) is 0 Å². The molecule has 1 N–H and O–H groups in total. The van der Waals surface area contributed by atoms with Crippen LogP contribution in [0.5, 0.6) is 0 Å². The van der Waals surface area contributed by atoms with Gasteiger partial charge in [-0.05, 0) is 37.1 Å². The van der Waals surface area contributed by atoms with Gasteiger partial charge in [0.05, 0.1) is 0 Å². The van der Waals surface area contributed by atoms with E-state index in [2.05, 4.69) is 39.9 Å². The number of nitrogens with zero attached hydrogens (tertiary/aromatic N) is 1. The molecule has 90 valence electrons. The van der Waals surface area contributed by atoms with Crippen molar-refractivity contribution in [1.29, 1.82) is 0 Å². The van der Waals surface area contributed by atoms with Gasteiger partial charge in [0.15, 0.2) is 0 Å². The molecule has 3 nitrogen and oxygen atoms in total. The Hall–Kier alpha value is -1.29. The molecule has 2 rings (SSSR count). The highest BCUT2D eigenvalue weighted by atomic mass is 79.9. The highest BCUT2D eigenvalue weighted by molar-refractivity contribution is 9.10. The molecular formula is C13H14BrNO2. The van der Waals surface area contributed by atoms with Gasteiger partial charge in [-0.3, -0.25) is 0 Å². The van der Waals surface area contributed by atoms with E-state index in [0.29, 0.717) is 18.5 Å². The van der Waals surface area contributed by atoms with Crippen molar-refractivity contribution in [1.82, 2.24) is 0 Å². The SMILES string of the molecule is Cc1cc(Br)ccc1N1CC=C(C(=O)O)CC1. The van der Waals surface area contributed by atoms with Crippen LogP contribution in [-0.2, 0) is 4.79 Å². The number of hydrogen-bond donors (Lipinski definition) is 1. The highest BCUT2D eigenvalue weighted by Gasteiger charge is 2.17. The van der Waals surface area contributed by atoms with E-state index in [1.54, 1.807) is 6.08 Å². The maximum absolute atomic E-state index is 10.8. The van der Waals surface area contributed by atoms with Gasteiger partial charge in [0.1, 0.15) is 0 Å². The minimum absolute atomic E-state index is 0.524. The number of aryl methyl sites for hydroxylation is 1. The molecule has 0 bridgehead atoms. The van der Waals surface area contributed by atoms with Crippen LogP contribution in [0, 0.1) is 6.92 Å². The van der Waals surface area contributed by atoms with Crippen molar-refractivity contribution in [3.05, 3.63) is 39.9 Å². The third-order valence-electron chi connectivity index (χ3n) is 2.98. The number of halogens is 1. The second-order valence-corrected chi connectivity index (χ2v) is 5.08. The first-order valence-corrected chi connectivity index (χ1v) is 6.30. The quantitative estimate of drug-likeness (QED) is 0.912. The summed E-state index contributed by atoms with van der Waals surface area (Å²) in [6, 6.07) is 6.16. The predicted molar refractivity (Wildman–Crippen MR) is 71.4 cm³/mol. The van der Waals surface area contributed by atoms with Gasteiger partial charge in [0.25, 0.3) is 0 Å². The summed E-state index contributed by atoms with van der Waals surface area (Å²) in [4.78, 5) is 13.0. The van der Waals surface area contributed by atoms with E-state index < -0.39 is 5.97 Å². The number of aliphatic carboxylic acids is 1. The lowest BCUT2D eigenvalue weighted by molar-refractivity contribution is -0.132. The molecule has 0 aliphatic carbocycles. The van der Waals surface area contributed by atoms with Gasteiger partial charge < -0.3 is 10.0 Å². The summed E-state index contributed by atoms with van der Waals surface area (Å²) in [5, 5.41) is 8.89. The third kappa shape index (κ3) is 2.69. The number of carbonyl (C=O) groups is 1. The lowest BCUT2D eigenvalue weighted by Crippen LogP contribution is -2.30. The van der Waals surface area contributed by atoms with Crippen LogP contribution in [0.2, 0.25) is 0 Å². The number of rotatable bonds is 2. The van der Waals surface area contributed by atoms with Crippen LogP contribution in [0.15, 0.2) is 34.3 Å². The molecule has 17 heavy (non-hydrogen) atoms. The van der Waals surface area contributed by atoms with Crippen LogP contribution in [0.4, 0.5) is 5.69 Å². The Bertz CT molecular complexity index is 482. The predicted octanol–water partition coefficient (Wildman–Crippen LogP) is 2.98. The number of hydrogen-bond acceptors (Lipinski definition) is 2. The van der Waals surface area contributed by atoms with Crippen molar-refractivity contribution in [2.45, 2.75) is 13.3 Å². The zero-order chi connectivity index (χ0) is 12.4. The molecule has 0 spiro atoms. The van der Waals surface area contributed by atoms with E-state index in [1.807, 2.05) is 6.07 Å². The summed E-state index contributed by atoms with van der Waals surface area (Å²) in [5.41, 5.74) is 2.90. The second-order valence-electron chi connectivity index (χ2n) is 4.16. The summed E-state index contributed by atoms with van der Waals surface area (Å²) < 4.78 is 1.07. The normalized spacial score (nSPS) is 15.6.